The number of halogens is 1. The van der Waals surface area contributed by atoms with Crippen molar-refractivity contribution < 1.29 is 9.53 Å². The highest BCUT2D eigenvalue weighted by atomic mass is 35.5. The van der Waals surface area contributed by atoms with Gasteiger partial charge in [0, 0.05) is 0 Å². The zero-order valence-electron chi connectivity index (χ0n) is 12.3. The lowest BCUT2D eigenvalue weighted by Crippen LogP contribution is -2.31. The third-order valence-electron chi connectivity index (χ3n) is 2.89. The number of hydrogen-bond acceptors (Lipinski definition) is 3. The largest absolute Gasteiger partial charge is 0.425 e. The van der Waals surface area contributed by atoms with Gasteiger partial charge < -0.3 is 10.5 Å². The third kappa shape index (κ3) is 4.51. The Morgan fingerprint density at radius 1 is 1.05 bits per heavy atom. The summed E-state index contributed by atoms with van der Waals surface area (Å²) in [6.07, 6.45) is 0. The van der Waals surface area contributed by atoms with Gasteiger partial charge in [0.1, 0.15) is 11.8 Å². The number of para-hydroxylation sites is 1. The van der Waals surface area contributed by atoms with Gasteiger partial charge in [-0.3, -0.25) is 0 Å². The first kappa shape index (κ1) is 17.9. The summed E-state index contributed by atoms with van der Waals surface area (Å²) < 4.78 is 5.50. The fourth-order valence-electron chi connectivity index (χ4n) is 1.79. The Morgan fingerprint density at radius 2 is 1.47 bits per heavy atom. The van der Waals surface area contributed by atoms with Gasteiger partial charge >= 0.3 is 5.97 Å². The van der Waals surface area contributed by atoms with E-state index in [1.165, 1.54) is 0 Å². The zero-order chi connectivity index (χ0) is 13.9. The van der Waals surface area contributed by atoms with Crippen LogP contribution in [0, 0.1) is 0 Å². The molecular formula is C15H24ClNO2. The molecule has 1 atom stereocenters. The van der Waals surface area contributed by atoms with Crippen LogP contribution in [-0.4, -0.2) is 12.0 Å². The SMILES string of the molecule is CC(N)C(=O)Oc1c(C(C)C)cccc1C(C)C.Cl. The quantitative estimate of drug-likeness (QED) is 0.679. The van der Waals surface area contributed by atoms with Crippen molar-refractivity contribution in [3.8, 4) is 5.75 Å². The molecule has 0 aromatic heterocycles. The summed E-state index contributed by atoms with van der Waals surface area (Å²) in [7, 11) is 0. The molecule has 0 saturated heterocycles. The molecule has 108 valence electrons. The Morgan fingerprint density at radius 3 is 1.79 bits per heavy atom. The van der Waals surface area contributed by atoms with Gasteiger partial charge in [-0.15, -0.1) is 12.4 Å². The van der Waals surface area contributed by atoms with Gasteiger partial charge in [-0.1, -0.05) is 45.9 Å². The lowest BCUT2D eigenvalue weighted by molar-refractivity contribution is -0.135. The van der Waals surface area contributed by atoms with Crippen molar-refractivity contribution in [3.63, 3.8) is 0 Å². The van der Waals surface area contributed by atoms with Crippen LogP contribution in [-0.2, 0) is 4.79 Å². The second-order valence-electron chi connectivity index (χ2n) is 5.28. The number of nitrogens with two attached hydrogens (primary N) is 1. The van der Waals surface area contributed by atoms with Crippen molar-refractivity contribution in [2.24, 2.45) is 5.73 Å². The number of rotatable bonds is 4. The maximum atomic E-state index is 11.7. The molecule has 0 bridgehead atoms. The molecule has 0 fully saturated rings. The van der Waals surface area contributed by atoms with E-state index in [-0.39, 0.29) is 18.4 Å². The molecule has 3 nitrogen and oxygen atoms in total. The van der Waals surface area contributed by atoms with Gasteiger partial charge in [0.05, 0.1) is 0 Å². The molecule has 1 aromatic carbocycles. The van der Waals surface area contributed by atoms with E-state index in [4.69, 9.17) is 10.5 Å². The van der Waals surface area contributed by atoms with E-state index < -0.39 is 6.04 Å². The van der Waals surface area contributed by atoms with Gasteiger partial charge in [-0.2, -0.15) is 0 Å². The van der Waals surface area contributed by atoms with E-state index in [1.54, 1.807) is 6.92 Å². The first-order valence-corrected chi connectivity index (χ1v) is 6.44. The normalized spacial score (nSPS) is 12.2. The number of ether oxygens (including phenoxy) is 1. The summed E-state index contributed by atoms with van der Waals surface area (Å²) >= 11 is 0. The molecule has 0 amide bonds. The Kier molecular flexibility index (Phi) is 7.09. The molecule has 1 aromatic rings. The summed E-state index contributed by atoms with van der Waals surface area (Å²) in [6.45, 7) is 9.98. The minimum Gasteiger partial charge on any atom is -0.425 e. The maximum Gasteiger partial charge on any atom is 0.328 e. The van der Waals surface area contributed by atoms with Crippen LogP contribution in [0.2, 0.25) is 0 Å². The van der Waals surface area contributed by atoms with Gasteiger partial charge in [-0.25, -0.2) is 4.79 Å². The fraction of sp³-hybridized carbons (Fsp3) is 0.533. The summed E-state index contributed by atoms with van der Waals surface area (Å²) in [6, 6.07) is 5.40. The van der Waals surface area contributed by atoms with Crippen LogP contribution in [0.4, 0.5) is 0 Å². The maximum absolute atomic E-state index is 11.7. The molecule has 0 aliphatic rings. The number of carbonyl (C=O) groups is 1. The minimum atomic E-state index is -0.606. The van der Waals surface area contributed by atoms with Crippen molar-refractivity contribution in [1.29, 1.82) is 0 Å². The number of hydrogen-bond donors (Lipinski definition) is 1. The Balaban J connectivity index is 0.00000324. The van der Waals surface area contributed by atoms with E-state index in [9.17, 15) is 4.79 Å². The van der Waals surface area contributed by atoms with Crippen LogP contribution in [0.3, 0.4) is 0 Å². The summed E-state index contributed by atoms with van der Waals surface area (Å²) in [5, 5.41) is 0. The van der Waals surface area contributed by atoms with E-state index in [0.717, 1.165) is 11.1 Å². The van der Waals surface area contributed by atoms with E-state index in [1.807, 2.05) is 18.2 Å². The first-order valence-electron chi connectivity index (χ1n) is 6.44. The predicted molar refractivity (Wildman–Crippen MR) is 81.2 cm³/mol. The summed E-state index contributed by atoms with van der Waals surface area (Å²) in [5.74, 6) is 0.911. The molecule has 0 spiro atoms. The van der Waals surface area contributed by atoms with Crippen LogP contribution in [0.25, 0.3) is 0 Å². The van der Waals surface area contributed by atoms with Crippen LogP contribution in [0.5, 0.6) is 5.75 Å². The topological polar surface area (TPSA) is 52.3 Å². The van der Waals surface area contributed by atoms with Crippen LogP contribution >= 0.6 is 12.4 Å². The number of benzene rings is 1. The van der Waals surface area contributed by atoms with Crippen LogP contribution < -0.4 is 10.5 Å². The highest BCUT2D eigenvalue weighted by Gasteiger charge is 2.19. The zero-order valence-corrected chi connectivity index (χ0v) is 13.1. The van der Waals surface area contributed by atoms with Gasteiger partial charge in [0.2, 0.25) is 0 Å². The van der Waals surface area contributed by atoms with Gasteiger partial charge in [0.15, 0.2) is 0 Å². The molecule has 0 saturated carbocycles. The molecular weight excluding hydrogens is 262 g/mol. The van der Waals surface area contributed by atoms with Crippen molar-refractivity contribution in [2.45, 2.75) is 52.5 Å². The first-order chi connectivity index (χ1) is 8.34. The average Bonchev–Trinajstić information content (AvgIpc) is 2.28. The van der Waals surface area contributed by atoms with Crippen LogP contribution in [0.1, 0.15) is 57.6 Å². The Hall–Kier alpha value is -1.06. The van der Waals surface area contributed by atoms with Gasteiger partial charge in [0.25, 0.3) is 0 Å². The molecule has 0 heterocycles. The third-order valence-corrected chi connectivity index (χ3v) is 2.89. The molecule has 4 heteroatoms. The lowest BCUT2D eigenvalue weighted by atomic mass is 9.94. The van der Waals surface area contributed by atoms with Gasteiger partial charge in [-0.05, 0) is 29.9 Å². The summed E-state index contributed by atoms with van der Waals surface area (Å²) in [5.41, 5.74) is 7.66. The molecule has 1 unspecified atom stereocenters. The predicted octanol–water partition coefficient (Wildman–Crippen LogP) is 3.61. The van der Waals surface area contributed by atoms with Crippen molar-refractivity contribution in [1.82, 2.24) is 0 Å². The average molecular weight is 286 g/mol. The molecule has 0 radical (unpaired) electrons. The smallest absolute Gasteiger partial charge is 0.328 e. The highest BCUT2D eigenvalue weighted by molar-refractivity contribution is 5.85. The highest BCUT2D eigenvalue weighted by Crippen LogP contribution is 2.34. The number of esters is 1. The molecule has 1 rings (SSSR count). The van der Waals surface area contributed by atoms with Crippen molar-refractivity contribution in [3.05, 3.63) is 29.3 Å². The van der Waals surface area contributed by atoms with Crippen LogP contribution in [0.15, 0.2) is 18.2 Å². The monoisotopic (exact) mass is 285 g/mol. The standard InChI is InChI=1S/C15H23NO2.ClH/c1-9(2)12-7-6-8-13(10(3)4)14(12)18-15(17)11(5)16;/h6-11H,16H2,1-5H3;1H. The Bertz CT molecular complexity index is 402. The second kappa shape index (κ2) is 7.51. The molecule has 0 aliphatic carbocycles. The minimum absolute atomic E-state index is 0. The fourth-order valence-corrected chi connectivity index (χ4v) is 1.79. The van der Waals surface area contributed by atoms with Crippen molar-refractivity contribution in [2.75, 3.05) is 0 Å². The van der Waals surface area contributed by atoms with E-state index in [2.05, 4.69) is 27.7 Å². The van der Waals surface area contributed by atoms with E-state index >= 15 is 0 Å². The molecule has 0 aliphatic heterocycles. The second-order valence-corrected chi connectivity index (χ2v) is 5.28. The lowest BCUT2D eigenvalue weighted by Gasteiger charge is -2.19. The van der Waals surface area contributed by atoms with E-state index in [0.29, 0.717) is 17.6 Å². The molecule has 2 N–H and O–H groups in total. The summed E-state index contributed by atoms with van der Waals surface area (Å²) in [4.78, 5) is 11.7. The van der Waals surface area contributed by atoms with Crippen molar-refractivity contribution >= 4 is 18.4 Å². The number of carbonyl (C=O) groups excluding carboxylic acids is 1. The molecule has 19 heavy (non-hydrogen) atoms. The Labute approximate surface area is 121 Å².